The van der Waals surface area contributed by atoms with Gasteiger partial charge in [0, 0.05) is 23.2 Å². The highest BCUT2D eigenvalue weighted by atomic mass is 79.9. The van der Waals surface area contributed by atoms with Gasteiger partial charge in [-0.1, -0.05) is 15.9 Å². The Morgan fingerprint density at radius 1 is 1.35 bits per heavy atom. The summed E-state index contributed by atoms with van der Waals surface area (Å²) in [5.74, 6) is -1.44. The molecule has 1 aliphatic heterocycles. The molecule has 2 rings (SSSR count). The number of benzene rings is 1. The quantitative estimate of drug-likeness (QED) is 0.476. The van der Waals surface area contributed by atoms with Gasteiger partial charge in [0.15, 0.2) is 0 Å². The predicted octanol–water partition coefficient (Wildman–Crippen LogP) is 2.03. The van der Waals surface area contributed by atoms with Gasteiger partial charge >= 0.3 is 5.97 Å². The van der Waals surface area contributed by atoms with Crippen molar-refractivity contribution < 1.29 is 19.1 Å². The number of rotatable bonds is 4. The normalized spacial score (nSPS) is 15.0. The Bertz CT molecular complexity index is 512. The number of hydrogen-bond acceptors (Lipinski definition) is 5. The van der Waals surface area contributed by atoms with Crippen molar-refractivity contribution in [2.75, 3.05) is 37.8 Å². The van der Waals surface area contributed by atoms with E-state index >= 15 is 0 Å². The molecule has 1 aromatic carbocycles. The standard InChI is InChI=1S/C14H16BrNO4/c1-2-20-14(18)13(17)11-9-10(15)3-4-12(11)16-5-7-19-8-6-16/h3-4,9H,2,5-8H2,1H3. The molecule has 6 heteroatoms. The third kappa shape index (κ3) is 3.37. The highest BCUT2D eigenvalue weighted by molar-refractivity contribution is 9.10. The Kier molecular flexibility index (Phi) is 5.14. The Hall–Kier alpha value is -1.40. The lowest BCUT2D eigenvalue weighted by molar-refractivity contribution is -0.137. The van der Waals surface area contributed by atoms with Gasteiger partial charge in [-0.3, -0.25) is 4.79 Å². The number of Topliss-reactive ketones (excluding diaryl/α,β-unsaturated/α-hetero) is 1. The molecule has 0 unspecified atom stereocenters. The van der Waals surface area contributed by atoms with Crippen molar-refractivity contribution in [1.29, 1.82) is 0 Å². The van der Waals surface area contributed by atoms with E-state index in [0.29, 0.717) is 31.9 Å². The molecule has 0 aromatic heterocycles. The van der Waals surface area contributed by atoms with Gasteiger partial charge in [0.05, 0.1) is 25.4 Å². The number of ether oxygens (including phenoxy) is 2. The second kappa shape index (κ2) is 6.85. The summed E-state index contributed by atoms with van der Waals surface area (Å²) in [5, 5.41) is 0. The van der Waals surface area contributed by atoms with Crippen LogP contribution in [0.15, 0.2) is 22.7 Å². The van der Waals surface area contributed by atoms with Gasteiger partial charge in [0.2, 0.25) is 0 Å². The third-order valence-corrected chi connectivity index (χ3v) is 3.51. The smallest absolute Gasteiger partial charge is 0.379 e. The number of anilines is 1. The highest BCUT2D eigenvalue weighted by Gasteiger charge is 2.24. The van der Waals surface area contributed by atoms with Crippen LogP contribution in [0, 0.1) is 0 Å². The van der Waals surface area contributed by atoms with Crippen LogP contribution in [0.4, 0.5) is 5.69 Å². The summed E-state index contributed by atoms with van der Waals surface area (Å²) >= 11 is 3.33. The monoisotopic (exact) mass is 341 g/mol. The topological polar surface area (TPSA) is 55.8 Å². The van der Waals surface area contributed by atoms with Gasteiger partial charge in [0.1, 0.15) is 0 Å². The van der Waals surface area contributed by atoms with Gasteiger partial charge in [-0.25, -0.2) is 4.79 Å². The Morgan fingerprint density at radius 3 is 2.70 bits per heavy atom. The van der Waals surface area contributed by atoms with Crippen LogP contribution in [0.2, 0.25) is 0 Å². The lowest BCUT2D eigenvalue weighted by atomic mass is 10.1. The molecule has 0 aliphatic carbocycles. The highest BCUT2D eigenvalue weighted by Crippen LogP contribution is 2.26. The number of carbonyl (C=O) groups is 2. The van der Waals surface area contributed by atoms with Crippen molar-refractivity contribution in [3.63, 3.8) is 0 Å². The van der Waals surface area contributed by atoms with Gasteiger partial charge in [-0.05, 0) is 25.1 Å². The molecule has 0 amide bonds. The second-order valence-electron chi connectivity index (χ2n) is 4.31. The average Bonchev–Trinajstić information content (AvgIpc) is 2.47. The third-order valence-electron chi connectivity index (χ3n) is 3.02. The molecule has 0 N–H and O–H groups in total. The van der Waals surface area contributed by atoms with Gasteiger partial charge < -0.3 is 14.4 Å². The van der Waals surface area contributed by atoms with Crippen molar-refractivity contribution in [1.82, 2.24) is 0 Å². The van der Waals surface area contributed by atoms with Crippen molar-refractivity contribution in [2.24, 2.45) is 0 Å². The van der Waals surface area contributed by atoms with Gasteiger partial charge in [-0.15, -0.1) is 0 Å². The maximum Gasteiger partial charge on any atom is 0.379 e. The molecule has 0 atom stereocenters. The number of morpholine rings is 1. The molecule has 1 heterocycles. The number of halogens is 1. The maximum absolute atomic E-state index is 12.2. The van der Waals surface area contributed by atoms with E-state index in [4.69, 9.17) is 9.47 Å². The fraction of sp³-hybridized carbons (Fsp3) is 0.429. The minimum Gasteiger partial charge on any atom is -0.460 e. The number of nitrogens with zero attached hydrogens (tertiary/aromatic N) is 1. The molecular formula is C14H16BrNO4. The van der Waals surface area contributed by atoms with Crippen molar-refractivity contribution in [2.45, 2.75) is 6.92 Å². The first-order valence-electron chi connectivity index (χ1n) is 6.47. The number of carbonyl (C=O) groups excluding carboxylic acids is 2. The Morgan fingerprint density at radius 2 is 2.05 bits per heavy atom. The summed E-state index contributed by atoms with van der Waals surface area (Å²) in [6.45, 7) is 4.49. The number of hydrogen-bond donors (Lipinski definition) is 0. The van der Waals surface area contributed by atoms with Crippen molar-refractivity contribution in [3.05, 3.63) is 28.2 Å². The first-order chi connectivity index (χ1) is 9.63. The van der Waals surface area contributed by atoms with E-state index in [2.05, 4.69) is 15.9 Å². The first-order valence-corrected chi connectivity index (χ1v) is 7.26. The zero-order chi connectivity index (χ0) is 14.5. The molecule has 0 spiro atoms. The number of ketones is 1. The lowest BCUT2D eigenvalue weighted by Crippen LogP contribution is -2.37. The molecule has 1 aromatic rings. The van der Waals surface area contributed by atoms with Crippen LogP contribution in [-0.4, -0.2) is 44.7 Å². The van der Waals surface area contributed by atoms with E-state index in [-0.39, 0.29) is 6.61 Å². The summed E-state index contributed by atoms with van der Waals surface area (Å²) in [4.78, 5) is 25.9. The molecule has 1 aliphatic rings. The first kappa shape index (κ1) is 15.0. The Balaban J connectivity index is 2.32. The van der Waals surface area contributed by atoms with Crippen LogP contribution in [0.5, 0.6) is 0 Å². The summed E-state index contributed by atoms with van der Waals surface area (Å²) < 4.78 is 10.8. The Labute approximate surface area is 126 Å². The molecule has 0 bridgehead atoms. The van der Waals surface area contributed by atoms with Crippen LogP contribution < -0.4 is 4.90 Å². The van der Waals surface area contributed by atoms with E-state index in [1.807, 2.05) is 17.0 Å². The molecule has 0 radical (unpaired) electrons. The summed E-state index contributed by atoms with van der Waals surface area (Å²) in [7, 11) is 0. The fourth-order valence-electron chi connectivity index (χ4n) is 2.08. The van der Waals surface area contributed by atoms with E-state index < -0.39 is 11.8 Å². The minimum absolute atomic E-state index is 0.186. The second-order valence-corrected chi connectivity index (χ2v) is 5.23. The van der Waals surface area contributed by atoms with Crippen LogP contribution in [0.25, 0.3) is 0 Å². The number of esters is 1. The molecular weight excluding hydrogens is 326 g/mol. The van der Waals surface area contributed by atoms with E-state index in [1.165, 1.54) is 0 Å². The average molecular weight is 342 g/mol. The maximum atomic E-state index is 12.2. The van der Waals surface area contributed by atoms with Crippen LogP contribution in [0.1, 0.15) is 17.3 Å². The fourth-order valence-corrected chi connectivity index (χ4v) is 2.44. The summed E-state index contributed by atoms with van der Waals surface area (Å²) in [6.07, 6.45) is 0. The minimum atomic E-state index is -0.819. The van der Waals surface area contributed by atoms with Crippen LogP contribution >= 0.6 is 15.9 Å². The van der Waals surface area contributed by atoms with Crippen molar-refractivity contribution in [3.8, 4) is 0 Å². The molecule has 5 nitrogen and oxygen atoms in total. The molecule has 0 saturated carbocycles. The van der Waals surface area contributed by atoms with Gasteiger partial charge in [0.25, 0.3) is 5.78 Å². The van der Waals surface area contributed by atoms with Crippen LogP contribution in [0.3, 0.4) is 0 Å². The SMILES string of the molecule is CCOC(=O)C(=O)c1cc(Br)ccc1N1CCOCC1. The molecule has 1 saturated heterocycles. The van der Waals surface area contributed by atoms with Crippen molar-refractivity contribution >= 4 is 33.4 Å². The van der Waals surface area contributed by atoms with E-state index in [9.17, 15) is 9.59 Å². The van der Waals surface area contributed by atoms with Gasteiger partial charge in [-0.2, -0.15) is 0 Å². The van der Waals surface area contributed by atoms with E-state index in [0.717, 1.165) is 10.2 Å². The molecule has 1 fully saturated rings. The largest absolute Gasteiger partial charge is 0.460 e. The molecule has 108 valence electrons. The lowest BCUT2D eigenvalue weighted by Gasteiger charge is -2.30. The zero-order valence-corrected chi connectivity index (χ0v) is 12.8. The molecule has 20 heavy (non-hydrogen) atoms. The summed E-state index contributed by atoms with van der Waals surface area (Å²) in [5.41, 5.74) is 1.11. The summed E-state index contributed by atoms with van der Waals surface area (Å²) in [6, 6.07) is 5.35. The zero-order valence-electron chi connectivity index (χ0n) is 11.2. The predicted molar refractivity (Wildman–Crippen MR) is 78.1 cm³/mol. The van der Waals surface area contributed by atoms with Crippen LogP contribution in [-0.2, 0) is 14.3 Å². The van der Waals surface area contributed by atoms with E-state index in [1.54, 1.807) is 13.0 Å².